The van der Waals surface area contributed by atoms with Crippen molar-refractivity contribution in [1.29, 1.82) is 0 Å². The van der Waals surface area contributed by atoms with Crippen LogP contribution in [0.4, 0.5) is 5.82 Å². The fourth-order valence-electron chi connectivity index (χ4n) is 4.02. The van der Waals surface area contributed by atoms with E-state index in [9.17, 15) is 0 Å². The summed E-state index contributed by atoms with van der Waals surface area (Å²) in [5, 5.41) is 0. The third-order valence-corrected chi connectivity index (χ3v) is 5.75. The number of anilines is 1. The van der Waals surface area contributed by atoms with Crippen molar-refractivity contribution < 1.29 is 4.74 Å². The Labute approximate surface area is 182 Å². The van der Waals surface area contributed by atoms with Gasteiger partial charge in [-0.2, -0.15) is 0 Å². The van der Waals surface area contributed by atoms with E-state index in [1.165, 1.54) is 0 Å². The highest BCUT2D eigenvalue weighted by atomic mass is 16.5. The number of hydrogen-bond acceptors (Lipinski definition) is 5. The first-order valence-electron chi connectivity index (χ1n) is 10.9. The molecule has 31 heavy (non-hydrogen) atoms. The highest BCUT2D eigenvalue weighted by molar-refractivity contribution is 5.79. The molecule has 2 aromatic heterocycles. The maximum absolute atomic E-state index is 5.96. The predicted molar refractivity (Wildman–Crippen MR) is 125 cm³/mol. The number of hydrogen-bond donors (Lipinski definition) is 1. The maximum Gasteiger partial charge on any atom is 0.138 e. The number of nitrogens with zero attached hydrogens (tertiary/aromatic N) is 4. The van der Waals surface area contributed by atoms with Gasteiger partial charge in [-0.05, 0) is 55.0 Å². The van der Waals surface area contributed by atoms with Crippen LogP contribution in [0.3, 0.4) is 0 Å². The number of nitrogens with one attached hydrogen (secondary N) is 1. The number of H-pyrrole nitrogens is 1. The van der Waals surface area contributed by atoms with Crippen molar-refractivity contribution in [3.05, 3.63) is 72.9 Å². The highest BCUT2D eigenvalue weighted by Crippen LogP contribution is 2.23. The van der Waals surface area contributed by atoms with E-state index in [0.29, 0.717) is 0 Å². The smallest absolute Gasteiger partial charge is 0.138 e. The standard InChI is InChI=1S/C25H27N5O/c1-2-7-23-22(6-1)27-25(28-23)20-9-11-21(12-10-20)31-19-5-14-29-15-17-30(18-16-29)24-8-3-4-13-26-24/h1-4,6-13H,5,14-19H2,(H,27,28). The lowest BCUT2D eigenvalue weighted by molar-refractivity contribution is 0.224. The molecule has 0 bridgehead atoms. The first-order valence-corrected chi connectivity index (χ1v) is 10.9. The van der Waals surface area contributed by atoms with Gasteiger partial charge in [-0.3, -0.25) is 4.90 Å². The number of rotatable bonds is 7. The fourth-order valence-corrected chi connectivity index (χ4v) is 4.02. The molecular weight excluding hydrogens is 386 g/mol. The summed E-state index contributed by atoms with van der Waals surface area (Å²) in [4.78, 5) is 17.3. The van der Waals surface area contributed by atoms with Crippen LogP contribution in [0.2, 0.25) is 0 Å². The summed E-state index contributed by atoms with van der Waals surface area (Å²) < 4.78 is 5.96. The van der Waals surface area contributed by atoms with Gasteiger partial charge in [0.15, 0.2) is 0 Å². The molecule has 0 radical (unpaired) electrons. The summed E-state index contributed by atoms with van der Waals surface area (Å²) in [7, 11) is 0. The van der Waals surface area contributed by atoms with Gasteiger partial charge >= 0.3 is 0 Å². The third-order valence-electron chi connectivity index (χ3n) is 5.75. The summed E-state index contributed by atoms with van der Waals surface area (Å²) in [6.07, 6.45) is 2.89. The topological polar surface area (TPSA) is 57.3 Å². The van der Waals surface area contributed by atoms with Crippen molar-refractivity contribution in [3.63, 3.8) is 0 Å². The van der Waals surface area contributed by atoms with E-state index in [2.05, 4.69) is 49.0 Å². The normalized spacial score (nSPS) is 14.8. The molecule has 1 N–H and O–H groups in total. The Morgan fingerprint density at radius 1 is 0.871 bits per heavy atom. The molecule has 0 spiro atoms. The van der Waals surface area contributed by atoms with E-state index in [0.717, 1.165) is 79.7 Å². The van der Waals surface area contributed by atoms with Crippen molar-refractivity contribution >= 4 is 16.9 Å². The van der Waals surface area contributed by atoms with E-state index in [1.54, 1.807) is 0 Å². The van der Waals surface area contributed by atoms with Gasteiger partial charge in [0.1, 0.15) is 17.4 Å². The average Bonchev–Trinajstić information content (AvgIpc) is 3.28. The highest BCUT2D eigenvalue weighted by Gasteiger charge is 2.17. The van der Waals surface area contributed by atoms with Crippen molar-refractivity contribution in [2.24, 2.45) is 0 Å². The quantitative estimate of drug-likeness (QED) is 0.460. The van der Waals surface area contributed by atoms with Crippen molar-refractivity contribution in [2.45, 2.75) is 6.42 Å². The van der Waals surface area contributed by atoms with Gasteiger partial charge in [0, 0.05) is 44.5 Å². The fraction of sp³-hybridized carbons (Fsp3) is 0.280. The molecule has 0 saturated carbocycles. The van der Waals surface area contributed by atoms with E-state index >= 15 is 0 Å². The minimum atomic E-state index is 0.727. The second-order valence-electron chi connectivity index (χ2n) is 7.85. The predicted octanol–water partition coefficient (Wildman–Crippen LogP) is 4.22. The number of pyridine rings is 1. The molecule has 5 rings (SSSR count). The molecule has 6 heteroatoms. The van der Waals surface area contributed by atoms with Crippen LogP contribution in [-0.2, 0) is 0 Å². The first-order chi connectivity index (χ1) is 15.3. The Morgan fingerprint density at radius 3 is 2.45 bits per heavy atom. The molecule has 158 valence electrons. The van der Waals surface area contributed by atoms with Gasteiger partial charge in [0.05, 0.1) is 17.6 Å². The molecule has 0 unspecified atom stereocenters. The van der Waals surface area contributed by atoms with Crippen molar-refractivity contribution in [2.75, 3.05) is 44.2 Å². The zero-order valence-corrected chi connectivity index (χ0v) is 17.6. The van der Waals surface area contributed by atoms with Crippen LogP contribution < -0.4 is 9.64 Å². The Bertz CT molecular complexity index is 1070. The van der Waals surface area contributed by atoms with E-state index < -0.39 is 0 Å². The van der Waals surface area contributed by atoms with E-state index in [1.807, 2.05) is 48.7 Å². The van der Waals surface area contributed by atoms with Crippen LogP contribution >= 0.6 is 0 Å². The number of para-hydroxylation sites is 2. The molecule has 1 fully saturated rings. The maximum atomic E-state index is 5.96. The molecule has 0 aliphatic carbocycles. The molecule has 0 amide bonds. The Hall–Kier alpha value is -3.38. The molecule has 0 atom stereocenters. The lowest BCUT2D eigenvalue weighted by Gasteiger charge is -2.35. The molecule has 2 aromatic carbocycles. The van der Waals surface area contributed by atoms with E-state index in [-0.39, 0.29) is 0 Å². The van der Waals surface area contributed by atoms with Gasteiger partial charge in [0.2, 0.25) is 0 Å². The monoisotopic (exact) mass is 413 g/mol. The van der Waals surface area contributed by atoms with Crippen LogP contribution in [0.15, 0.2) is 72.9 Å². The summed E-state index contributed by atoms with van der Waals surface area (Å²) in [6, 6.07) is 22.3. The largest absolute Gasteiger partial charge is 0.494 e. The number of aromatic nitrogens is 3. The number of aromatic amines is 1. The van der Waals surface area contributed by atoms with Crippen molar-refractivity contribution in [1.82, 2.24) is 19.9 Å². The summed E-state index contributed by atoms with van der Waals surface area (Å²) >= 11 is 0. The minimum absolute atomic E-state index is 0.727. The Kier molecular flexibility index (Phi) is 5.80. The summed E-state index contributed by atoms with van der Waals surface area (Å²) in [5.74, 6) is 2.87. The lowest BCUT2D eigenvalue weighted by atomic mass is 10.2. The molecule has 1 saturated heterocycles. The zero-order chi connectivity index (χ0) is 20.9. The van der Waals surface area contributed by atoms with Gasteiger partial charge in [-0.15, -0.1) is 0 Å². The number of benzene rings is 2. The SMILES string of the molecule is c1ccc(N2CCN(CCCOc3ccc(-c4nc5ccccc5[nH]4)cc3)CC2)nc1. The number of ether oxygens (including phenoxy) is 1. The second-order valence-corrected chi connectivity index (χ2v) is 7.85. The molecule has 1 aliphatic heterocycles. The molecule has 6 nitrogen and oxygen atoms in total. The van der Waals surface area contributed by atoms with Crippen LogP contribution in [0.25, 0.3) is 22.4 Å². The van der Waals surface area contributed by atoms with Gasteiger partial charge in [-0.1, -0.05) is 18.2 Å². The first kappa shape index (κ1) is 19.6. The van der Waals surface area contributed by atoms with Crippen LogP contribution in [-0.4, -0.2) is 59.2 Å². The number of imidazole rings is 1. The molecular formula is C25H27N5O. The number of piperazine rings is 1. The summed E-state index contributed by atoms with van der Waals surface area (Å²) in [6.45, 7) is 5.99. The van der Waals surface area contributed by atoms with Gasteiger partial charge in [0.25, 0.3) is 0 Å². The zero-order valence-electron chi connectivity index (χ0n) is 17.6. The van der Waals surface area contributed by atoms with Crippen LogP contribution in [0.1, 0.15) is 6.42 Å². The summed E-state index contributed by atoms with van der Waals surface area (Å²) in [5.41, 5.74) is 3.10. The Morgan fingerprint density at radius 2 is 1.68 bits per heavy atom. The minimum Gasteiger partial charge on any atom is -0.494 e. The van der Waals surface area contributed by atoms with E-state index in [4.69, 9.17) is 4.74 Å². The Balaban J connectivity index is 1.06. The number of fused-ring (bicyclic) bond motifs is 1. The molecule has 4 aromatic rings. The molecule has 1 aliphatic rings. The van der Waals surface area contributed by atoms with Crippen molar-refractivity contribution in [3.8, 4) is 17.1 Å². The van der Waals surface area contributed by atoms with Gasteiger partial charge < -0.3 is 14.6 Å². The van der Waals surface area contributed by atoms with Gasteiger partial charge in [-0.25, -0.2) is 9.97 Å². The average molecular weight is 414 g/mol. The van der Waals surface area contributed by atoms with Crippen LogP contribution in [0.5, 0.6) is 5.75 Å². The third kappa shape index (κ3) is 4.70. The molecule has 3 heterocycles. The lowest BCUT2D eigenvalue weighted by Crippen LogP contribution is -2.47. The van der Waals surface area contributed by atoms with Crippen LogP contribution in [0, 0.1) is 0 Å². The second kappa shape index (κ2) is 9.18.